The number of hydrogen-bond acceptors (Lipinski definition) is 1. The molecule has 10 rings (SSSR count). The zero-order valence-electron chi connectivity index (χ0n) is 27.8. The highest BCUT2D eigenvalue weighted by Crippen LogP contribution is 2.52. The minimum Gasteiger partial charge on any atom is -0.310 e. The highest BCUT2D eigenvalue weighted by atomic mass is 15.1. The first kappa shape index (κ1) is 28.6. The van der Waals surface area contributed by atoms with Crippen molar-refractivity contribution in [1.82, 2.24) is 4.57 Å². The summed E-state index contributed by atoms with van der Waals surface area (Å²) in [6.07, 6.45) is 0. The minimum atomic E-state index is -0.238. The van der Waals surface area contributed by atoms with Crippen LogP contribution in [0.5, 0.6) is 0 Å². The van der Waals surface area contributed by atoms with Crippen molar-refractivity contribution < 1.29 is 0 Å². The van der Waals surface area contributed by atoms with E-state index in [0.717, 1.165) is 22.7 Å². The van der Waals surface area contributed by atoms with Crippen molar-refractivity contribution in [2.75, 3.05) is 4.90 Å². The van der Waals surface area contributed by atoms with Gasteiger partial charge in [0, 0.05) is 38.9 Å². The Morgan fingerprint density at radius 2 is 0.980 bits per heavy atom. The van der Waals surface area contributed by atoms with Crippen LogP contribution in [-0.2, 0) is 5.41 Å². The second-order valence-corrected chi connectivity index (χ2v) is 13.5. The van der Waals surface area contributed by atoms with Crippen molar-refractivity contribution in [3.8, 4) is 16.8 Å². The molecule has 50 heavy (non-hydrogen) atoms. The molecule has 9 aromatic rings. The van der Waals surface area contributed by atoms with Crippen molar-refractivity contribution in [2.24, 2.45) is 0 Å². The fraction of sp³-hybridized carbons (Fsp3) is 0.0417. The molecule has 0 aliphatic heterocycles. The topological polar surface area (TPSA) is 8.17 Å². The first-order valence-electron chi connectivity index (χ1n) is 17.4. The van der Waals surface area contributed by atoms with Crippen molar-refractivity contribution in [2.45, 2.75) is 12.3 Å². The number of fused-ring (bicyclic) bond motifs is 7. The van der Waals surface area contributed by atoms with Crippen molar-refractivity contribution in [3.63, 3.8) is 0 Å². The van der Waals surface area contributed by atoms with Crippen LogP contribution in [0.15, 0.2) is 188 Å². The van der Waals surface area contributed by atoms with Crippen LogP contribution < -0.4 is 4.90 Å². The molecule has 1 aliphatic carbocycles. The molecule has 8 aromatic carbocycles. The van der Waals surface area contributed by atoms with Crippen LogP contribution in [0.4, 0.5) is 17.1 Å². The molecule has 1 aromatic heterocycles. The van der Waals surface area contributed by atoms with E-state index in [0.29, 0.717) is 0 Å². The van der Waals surface area contributed by atoms with Crippen LogP contribution in [0, 0.1) is 0 Å². The number of aromatic nitrogens is 1. The minimum absolute atomic E-state index is 0.238. The van der Waals surface area contributed by atoms with E-state index in [1.165, 1.54) is 60.4 Å². The Bertz CT molecular complexity index is 2670. The number of hydrogen-bond donors (Lipinski definition) is 0. The molecule has 1 aliphatic rings. The molecule has 0 bridgehead atoms. The molecule has 1 heterocycles. The van der Waals surface area contributed by atoms with Crippen molar-refractivity contribution in [1.29, 1.82) is 0 Å². The van der Waals surface area contributed by atoms with E-state index < -0.39 is 0 Å². The van der Waals surface area contributed by atoms with E-state index in [9.17, 15) is 0 Å². The normalized spacial score (nSPS) is 13.1. The van der Waals surface area contributed by atoms with E-state index in [2.05, 4.69) is 204 Å². The van der Waals surface area contributed by atoms with Gasteiger partial charge in [-0.3, -0.25) is 0 Å². The maximum atomic E-state index is 2.41. The molecule has 0 fully saturated rings. The Morgan fingerprint density at radius 3 is 1.74 bits per heavy atom. The third-order valence-corrected chi connectivity index (χ3v) is 10.8. The van der Waals surface area contributed by atoms with Gasteiger partial charge >= 0.3 is 0 Å². The van der Waals surface area contributed by atoms with Crippen molar-refractivity contribution in [3.05, 3.63) is 205 Å². The van der Waals surface area contributed by atoms with E-state index in [-0.39, 0.29) is 5.41 Å². The predicted molar refractivity (Wildman–Crippen MR) is 210 cm³/mol. The zero-order chi connectivity index (χ0) is 33.2. The first-order chi connectivity index (χ1) is 24.7. The Balaban J connectivity index is 1.16. The lowest BCUT2D eigenvalue weighted by Gasteiger charge is -2.30. The molecule has 2 nitrogen and oxygen atoms in total. The third-order valence-electron chi connectivity index (χ3n) is 10.8. The summed E-state index contributed by atoms with van der Waals surface area (Å²) in [4.78, 5) is 2.41. The van der Waals surface area contributed by atoms with Gasteiger partial charge in [-0.2, -0.15) is 0 Å². The monoisotopic (exact) mass is 638 g/mol. The standard InChI is InChI=1S/C48H34N2/c1-48(44-20-10-7-17-40(44)41-18-8-11-21-45(41)48)35-24-27-37(28-25-35)49(38-26-23-33-13-5-6-14-34(33)31-38)39-29-30-47-43(32-39)42-19-9-12-22-46(42)50(47)36-15-3-2-4-16-36/h2-32H,1H3. The van der Waals surface area contributed by atoms with Crippen LogP contribution >= 0.6 is 0 Å². The van der Waals surface area contributed by atoms with E-state index in [1.807, 2.05) is 0 Å². The molecule has 0 radical (unpaired) electrons. The van der Waals surface area contributed by atoms with E-state index in [1.54, 1.807) is 0 Å². The van der Waals surface area contributed by atoms with Gasteiger partial charge in [0.1, 0.15) is 0 Å². The highest BCUT2D eigenvalue weighted by molar-refractivity contribution is 6.10. The Labute approximate surface area is 292 Å². The van der Waals surface area contributed by atoms with Crippen LogP contribution in [-0.4, -0.2) is 4.57 Å². The maximum Gasteiger partial charge on any atom is 0.0542 e. The zero-order valence-corrected chi connectivity index (χ0v) is 27.8. The van der Waals surface area contributed by atoms with Gasteiger partial charge in [-0.1, -0.05) is 127 Å². The Hall–Kier alpha value is -6.38. The summed E-state index contributed by atoms with van der Waals surface area (Å²) < 4.78 is 2.38. The summed E-state index contributed by atoms with van der Waals surface area (Å²) in [6, 6.07) is 68.8. The number of anilines is 3. The van der Waals surface area contributed by atoms with Gasteiger partial charge in [0.05, 0.1) is 11.0 Å². The molecule has 0 N–H and O–H groups in total. The highest BCUT2D eigenvalue weighted by Gasteiger charge is 2.40. The Morgan fingerprint density at radius 1 is 0.420 bits per heavy atom. The maximum absolute atomic E-state index is 2.41. The van der Waals surface area contributed by atoms with Gasteiger partial charge in [0.2, 0.25) is 0 Å². The fourth-order valence-electron chi connectivity index (χ4n) is 8.43. The largest absolute Gasteiger partial charge is 0.310 e. The van der Waals surface area contributed by atoms with Gasteiger partial charge in [0.25, 0.3) is 0 Å². The van der Waals surface area contributed by atoms with Gasteiger partial charge < -0.3 is 9.47 Å². The summed E-state index contributed by atoms with van der Waals surface area (Å²) in [5.41, 5.74) is 13.4. The van der Waals surface area contributed by atoms with E-state index >= 15 is 0 Å². The number of para-hydroxylation sites is 2. The molecule has 0 atom stereocenters. The van der Waals surface area contributed by atoms with Crippen molar-refractivity contribution >= 4 is 49.6 Å². The second kappa shape index (κ2) is 11.1. The molecular formula is C48H34N2. The quantitative estimate of drug-likeness (QED) is 0.182. The molecular weight excluding hydrogens is 605 g/mol. The number of benzene rings is 8. The summed E-state index contributed by atoms with van der Waals surface area (Å²) in [5.74, 6) is 0. The number of nitrogens with zero attached hydrogens (tertiary/aromatic N) is 2. The summed E-state index contributed by atoms with van der Waals surface area (Å²) >= 11 is 0. The molecule has 0 spiro atoms. The number of rotatable bonds is 5. The van der Waals surface area contributed by atoms with Gasteiger partial charge in [0.15, 0.2) is 0 Å². The molecule has 0 saturated carbocycles. The average Bonchev–Trinajstić information content (AvgIpc) is 3.65. The lowest BCUT2D eigenvalue weighted by molar-refractivity contribution is 0.714. The van der Waals surface area contributed by atoms with Gasteiger partial charge in [-0.25, -0.2) is 0 Å². The molecule has 0 amide bonds. The summed E-state index contributed by atoms with van der Waals surface area (Å²) in [6.45, 7) is 2.38. The van der Waals surface area contributed by atoms with Gasteiger partial charge in [-0.15, -0.1) is 0 Å². The third kappa shape index (κ3) is 4.22. The predicted octanol–water partition coefficient (Wildman–Crippen LogP) is 12.7. The van der Waals surface area contributed by atoms with E-state index in [4.69, 9.17) is 0 Å². The van der Waals surface area contributed by atoms with Crippen LogP contribution in [0.3, 0.4) is 0 Å². The molecule has 0 unspecified atom stereocenters. The van der Waals surface area contributed by atoms with Crippen LogP contribution in [0.2, 0.25) is 0 Å². The Kier molecular flexibility index (Phi) is 6.34. The SMILES string of the molecule is CC1(c2ccc(N(c3ccc4ccccc4c3)c3ccc4c(c3)c3ccccc3n4-c3ccccc3)cc2)c2ccccc2-c2ccccc21. The smallest absolute Gasteiger partial charge is 0.0542 e. The molecule has 2 heteroatoms. The molecule has 236 valence electrons. The van der Waals surface area contributed by atoms with Crippen LogP contribution in [0.1, 0.15) is 23.6 Å². The van der Waals surface area contributed by atoms with Crippen LogP contribution in [0.25, 0.3) is 49.4 Å². The molecule has 0 saturated heterocycles. The lowest BCUT2D eigenvalue weighted by atomic mass is 9.74. The van der Waals surface area contributed by atoms with Gasteiger partial charge in [-0.05, 0) is 106 Å². The lowest BCUT2D eigenvalue weighted by Crippen LogP contribution is -2.22. The summed E-state index contributed by atoms with van der Waals surface area (Å²) in [5, 5.41) is 4.93. The first-order valence-corrected chi connectivity index (χ1v) is 17.4. The average molecular weight is 639 g/mol. The fourth-order valence-corrected chi connectivity index (χ4v) is 8.43. The summed E-state index contributed by atoms with van der Waals surface area (Å²) in [7, 11) is 0. The second-order valence-electron chi connectivity index (χ2n) is 13.5.